The second-order valence-electron chi connectivity index (χ2n) is 5.39. The molecule has 2 rings (SSSR count). The molecule has 1 aliphatic rings. The zero-order valence-corrected chi connectivity index (χ0v) is 12.6. The first-order valence-electron chi connectivity index (χ1n) is 7.16. The van der Waals surface area contributed by atoms with Gasteiger partial charge in [-0.25, -0.2) is 4.79 Å². The molecular formula is C15H18ClNO4. The lowest BCUT2D eigenvalue weighted by molar-refractivity contribution is -0.385. The Hall–Kier alpha value is -1.62. The van der Waals surface area contributed by atoms with E-state index in [9.17, 15) is 14.9 Å². The Morgan fingerprint density at radius 3 is 2.90 bits per heavy atom. The molecule has 0 radical (unpaired) electrons. The third-order valence-corrected chi connectivity index (χ3v) is 4.20. The van der Waals surface area contributed by atoms with Gasteiger partial charge in [0, 0.05) is 11.1 Å². The second kappa shape index (κ2) is 6.89. The van der Waals surface area contributed by atoms with Crippen LogP contribution in [-0.4, -0.2) is 17.0 Å². The van der Waals surface area contributed by atoms with Crippen molar-refractivity contribution < 1.29 is 14.5 Å². The molecule has 2 atom stereocenters. The minimum atomic E-state index is -0.661. The first-order chi connectivity index (χ1) is 10.0. The molecule has 5 nitrogen and oxygen atoms in total. The fraction of sp³-hybridized carbons (Fsp3) is 0.533. The molecule has 1 aromatic carbocycles. The number of hydrogen-bond donors (Lipinski definition) is 0. The summed E-state index contributed by atoms with van der Waals surface area (Å²) >= 11 is 5.82. The number of nitrogens with zero attached hydrogens (tertiary/aromatic N) is 1. The highest BCUT2D eigenvalue weighted by Gasteiger charge is 2.27. The van der Waals surface area contributed by atoms with Gasteiger partial charge in [-0.15, -0.1) is 0 Å². The summed E-state index contributed by atoms with van der Waals surface area (Å²) < 4.78 is 5.45. The van der Waals surface area contributed by atoms with E-state index in [0.717, 1.165) is 32.1 Å². The molecular weight excluding hydrogens is 294 g/mol. The zero-order valence-electron chi connectivity index (χ0n) is 11.9. The summed E-state index contributed by atoms with van der Waals surface area (Å²) in [6.07, 6.45) is 4.73. The Morgan fingerprint density at radius 2 is 2.24 bits per heavy atom. The average molecular weight is 312 g/mol. The lowest BCUT2D eigenvalue weighted by atomic mass is 9.85. The number of ether oxygens (including phenoxy) is 1. The zero-order chi connectivity index (χ0) is 15.4. The molecule has 21 heavy (non-hydrogen) atoms. The maximum absolute atomic E-state index is 12.2. The summed E-state index contributed by atoms with van der Waals surface area (Å²) in [5, 5.41) is 11.3. The van der Waals surface area contributed by atoms with E-state index in [2.05, 4.69) is 6.92 Å². The fourth-order valence-corrected chi connectivity index (χ4v) is 2.94. The normalized spacial score (nSPS) is 21.8. The van der Waals surface area contributed by atoms with E-state index in [1.165, 1.54) is 18.2 Å². The number of esters is 1. The standard InChI is InChI=1S/C15H18ClNO4/c1-2-10-4-3-5-12(8-10)21-15(18)13-9-11(16)6-7-14(13)17(19)20/h6-7,9-10,12H,2-5,8H2,1H3. The Morgan fingerprint density at radius 1 is 1.48 bits per heavy atom. The van der Waals surface area contributed by atoms with E-state index in [0.29, 0.717) is 5.92 Å². The summed E-state index contributed by atoms with van der Waals surface area (Å²) in [6.45, 7) is 2.12. The molecule has 1 fully saturated rings. The van der Waals surface area contributed by atoms with E-state index in [4.69, 9.17) is 16.3 Å². The highest BCUT2D eigenvalue weighted by atomic mass is 35.5. The first kappa shape index (κ1) is 15.8. The minimum absolute atomic E-state index is 0.0777. The van der Waals surface area contributed by atoms with Crippen LogP contribution < -0.4 is 0 Å². The highest BCUT2D eigenvalue weighted by Crippen LogP contribution is 2.30. The predicted molar refractivity (Wildman–Crippen MR) is 79.6 cm³/mol. The lowest BCUT2D eigenvalue weighted by Gasteiger charge is -2.28. The third-order valence-electron chi connectivity index (χ3n) is 3.96. The largest absolute Gasteiger partial charge is 0.459 e. The van der Waals surface area contributed by atoms with Gasteiger partial charge < -0.3 is 4.74 Å². The molecule has 1 aliphatic carbocycles. The number of hydrogen-bond acceptors (Lipinski definition) is 4. The Kier molecular flexibility index (Phi) is 5.17. The van der Waals surface area contributed by atoms with Gasteiger partial charge in [-0.05, 0) is 37.3 Å². The third kappa shape index (κ3) is 3.94. The Bertz CT molecular complexity index is 546. The van der Waals surface area contributed by atoms with E-state index in [1.54, 1.807) is 0 Å². The van der Waals surface area contributed by atoms with Gasteiger partial charge in [-0.2, -0.15) is 0 Å². The molecule has 0 heterocycles. The van der Waals surface area contributed by atoms with Crippen molar-refractivity contribution in [2.45, 2.75) is 45.1 Å². The molecule has 1 aromatic rings. The topological polar surface area (TPSA) is 69.4 Å². The van der Waals surface area contributed by atoms with Crippen LogP contribution in [0.25, 0.3) is 0 Å². The molecule has 2 unspecified atom stereocenters. The molecule has 0 spiro atoms. The van der Waals surface area contributed by atoms with Crippen LogP contribution in [0.2, 0.25) is 5.02 Å². The van der Waals surface area contributed by atoms with Crippen LogP contribution in [0.15, 0.2) is 18.2 Å². The number of halogens is 1. The van der Waals surface area contributed by atoms with Crippen LogP contribution >= 0.6 is 11.6 Å². The van der Waals surface area contributed by atoms with Crippen molar-refractivity contribution in [3.8, 4) is 0 Å². The van der Waals surface area contributed by atoms with Gasteiger partial charge >= 0.3 is 5.97 Å². The Balaban J connectivity index is 2.13. The van der Waals surface area contributed by atoms with E-state index >= 15 is 0 Å². The van der Waals surface area contributed by atoms with Gasteiger partial charge in [0.25, 0.3) is 5.69 Å². The van der Waals surface area contributed by atoms with Crippen LogP contribution in [0, 0.1) is 16.0 Å². The van der Waals surface area contributed by atoms with Gasteiger partial charge in [-0.1, -0.05) is 31.4 Å². The molecule has 6 heteroatoms. The quantitative estimate of drug-likeness (QED) is 0.470. The number of carbonyl (C=O) groups excluding carboxylic acids is 1. The van der Waals surface area contributed by atoms with Crippen molar-refractivity contribution in [3.05, 3.63) is 38.9 Å². The first-order valence-corrected chi connectivity index (χ1v) is 7.54. The minimum Gasteiger partial charge on any atom is -0.459 e. The van der Waals surface area contributed by atoms with Crippen molar-refractivity contribution in [2.75, 3.05) is 0 Å². The van der Waals surface area contributed by atoms with Crippen LogP contribution in [-0.2, 0) is 4.74 Å². The van der Waals surface area contributed by atoms with Crippen molar-refractivity contribution in [1.29, 1.82) is 0 Å². The number of nitro groups is 1. The summed E-state index contributed by atoms with van der Waals surface area (Å²) in [7, 11) is 0. The summed E-state index contributed by atoms with van der Waals surface area (Å²) in [5.41, 5.74) is -0.349. The Labute approximate surface area is 128 Å². The number of benzene rings is 1. The molecule has 0 amide bonds. The number of carbonyl (C=O) groups is 1. The molecule has 0 bridgehead atoms. The van der Waals surface area contributed by atoms with Gasteiger partial charge in [0.05, 0.1) is 4.92 Å². The van der Waals surface area contributed by atoms with Crippen molar-refractivity contribution >= 4 is 23.3 Å². The van der Waals surface area contributed by atoms with Gasteiger partial charge in [-0.3, -0.25) is 10.1 Å². The lowest BCUT2D eigenvalue weighted by Crippen LogP contribution is -2.25. The van der Waals surface area contributed by atoms with Crippen LogP contribution in [0.5, 0.6) is 0 Å². The maximum atomic E-state index is 12.2. The van der Waals surface area contributed by atoms with E-state index in [1.807, 2.05) is 0 Å². The monoisotopic (exact) mass is 311 g/mol. The predicted octanol–water partition coefficient (Wildman–Crippen LogP) is 4.37. The van der Waals surface area contributed by atoms with E-state index < -0.39 is 10.9 Å². The SMILES string of the molecule is CCC1CCCC(OC(=O)c2cc(Cl)ccc2[N+](=O)[O-])C1. The van der Waals surface area contributed by atoms with Crippen LogP contribution in [0.3, 0.4) is 0 Å². The van der Waals surface area contributed by atoms with Gasteiger partial charge in [0.1, 0.15) is 11.7 Å². The van der Waals surface area contributed by atoms with Crippen LogP contribution in [0.1, 0.15) is 49.4 Å². The molecule has 0 saturated heterocycles. The van der Waals surface area contributed by atoms with Crippen molar-refractivity contribution in [3.63, 3.8) is 0 Å². The van der Waals surface area contributed by atoms with Crippen LogP contribution in [0.4, 0.5) is 5.69 Å². The fourth-order valence-electron chi connectivity index (χ4n) is 2.77. The second-order valence-corrected chi connectivity index (χ2v) is 5.82. The van der Waals surface area contributed by atoms with Crippen molar-refractivity contribution in [1.82, 2.24) is 0 Å². The average Bonchev–Trinajstić information content (AvgIpc) is 2.47. The summed E-state index contributed by atoms with van der Waals surface area (Å²) in [5.74, 6) is -0.100. The number of nitro benzene ring substituents is 1. The smallest absolute Gasteiger partial charge is 0.345 e. The molecule has 0 aliphatic heterocycles. The van der Waals surface area contributed by atoms with Crippen molar-refractivity contribution in [2.24, 2.45) is 5.92 Å². The van der Waals surface area contributed by atoms with Gasteiger partial charge in [0.2, 0.25) is 0 Å². The molecule has 0 aromatic heterocycles. The summed E-state index contributed by atoms with van der Waals surface area (Å²) in [4.78, 5) is 22.6. The highest BCUT2D eigenvalue weighted by molar-refractivity contribution is 6.31. The molecule has 1 saturated carbocycles. The maximum Gasteiger partial charge on any atom is 0.345 e. The number of rotatable bonds is 4. The van der Waals surface area contributed by atoms with E-state index in [-0.39, 0.29) is 22.4 Å². The molecule has 114 valence electrons. The molecule has 0 N–H and O–H groups in total. The van der Waals surface area contributed by atoms with Gasteiger partial charge in [0.15, 0.2) is 0 Å². The summed E-state index contributed by atoms with van der Waals surface area (Å²) in [6, 6.07) is 3.92.